The Balaban J connectivity index is 2.11. The molecule has 0 saturated heterocycles. The number of nitrogens with one attached hydrogen (secondary N) is 1. The summed E-state index contributed by atoms with van der Waals surface area (Å²) in [5.74, 6) is 0.204. The zero-order valence-corrected chi connectivity index (χ0v) is 15.3. The Morgan fingerprint density at radius 3 is 2.63 bits per heavy atom. The zero-order valence-electron chi connectivity index (χ0n) is 14.4. The Hall–Kier alpha value is -2.85. The molecule has 144 valence electrons. The van der Waals surface area contributed by atoms with Gasteiger partial charge in [-0.05, 0) is 24.3 Å². The minimum Gasteiger partial charge on any atom is -0.465 e. The number of amides is 1. The summed E-state index contributed by atoms with van der Waals surface area (Å²) >= 11 is 0. The molecule has 1 heterocycles. The Kier molecular flexibility index (Phi) is 6.97. The summed E-state index contributed by atoms with van der Waals surface area (Å²) in [4.78, 5) is 24.4. The number of hydrogen-bond acceptors (Lipinski definition) is 9. The number of carbonyl (C=O) groups excluding carboxylic acids is 1. The normalized spacial score (nSPS) is 13.3. The molecule has 11 nitrogen and oxygen atoms in total. The van der Waals surface area contributed by atoms with Crippen molar-refractivity contribution in [2.45, 2.75) is 0 Å². The van der Waals surface area contributed by atoms with Crippen LogP contribution in [0.2, 0.25) is 0 Å². The topological polar surface area (TPSA) is 175 Å². The van der Waals surface area contributed by atoms with E-state index in [0.717, 1.165) is 6.66 Å². The predicted octanol–water partition coefficient (Wildman–Crippen LogP) is 2.14. The lowest BCUT2D eigenvalue weighted by Gasteiger charge is -2.10. The van der Waals surface area contributed by atoms with Crippen LogP contribution in [0.1, 0.15) is 0 Å². The van der Waals surface area contributed by atoms with Crippen molar-refractivity contribution in [3.8, 4) is 5.75 Å². The number of para-hydroxylation sites is 1. The molecular weight excluding hydrogens is 375 g/mol. The van der Waals surface area contributed by atoms with Crippen LogP contribution in [0, 0.1) is 0 Å². The first-order valence-corrected chi connectivity index (χ1v) is 9.66. The SMILES string of the molecule is CP(=O)(O)OCOc1ccccc1/N=N/c1ccc(NC(=O)CN)nc1N. The van der Waals surface area contributed by atoms with E-state index in [1.54, 1.807) is 24.3 Å². The number of nitrogen functional groups attached to an aromatic ring is 1. The molecule has 0 radical (unpaired) electrons. The predicted molar refractivity (Wildman–Crippen MR) is 99.3 cm³/mol. The number of anilines is 2. The molecule has 0 aliphatic carbocycles. The van der Waals surface area contributed by atoms with Crippen LogP contribution in [-0.2, 0) is 13.9 Å². The smallest absolute Gasteiger partial charge is 0.327 e. The van der Waals surface area contributed by atoms with E-state index in [9.17, 15) is 9.36 Å². The minimum absolute atomic E-state index is 0.0579. The van der Waals surface area contributed by atoms with E-state index >= 15 is 0 Å². The van der Waals surface area contributed by atoms with Gasteiger partial charge in [0.05, 0.1) is 6.54 Å². The number of nitrogens with zero attached hydrogens (tertiary/aromatic N) is 3. The molecule has 0 aliphatic rings. The van der Waals surface area contributed by atoms with Crippen LogP contribution in [0.3, 0.4) is 0 Å². The Bertz CT molecular complexity index is 885. The maximum atomic E-state index is 11.3. The van der Waals surface area contributed by atoms with Crippen LogP contribution in [0.15, 0.2) is 46.6 Å². The van der Waals surface area contributed by atoms with Gasteiger partial charge in [-0.3, -0.25) is 13.9 Å². The molecule has 1 amide bonds. The van der Waals surface area contributed by atoms with E-state index in [1.807, 2.05) is 0 Å². The summed E-state index contributed by atoms with van der Waals surface area (Å²) in [6.45, 7) is 0.459. The third kappa shape index (κ3) is 6.76. The van der Waals surface area contributed by atoms with Gasteiger partial charge in [0.15, 0.2) is 12.6 Å². The van der Waals surface area contributed by atoms with E-state index in [1.165, 1.54) is 12.1 Å². The highest BCUT2D eigenvalue weighted by Gasteiger charge is 2.11. The van der Waals surface area contributed by atoms with Crippen molar-refractivity contribution in [1.82, 2.24) is 4.98 Å². The van der Waals surface area contributed by atoms with Crippen LogP contribution in [0.5, 0.6) is 5.75 Å². The number of azo groups is 1. The molecule has 27 heavy (non-hydrogen) atoms. The third-order valence-corrected chi connectivity index (χ3v) is 3.58. The van der Waals surface area contributed by atoms with Gasteiger partial charge < -0.3 is 26.4 Å². The van der Waals surface area contributed by atoms with Crippen LogP contribution in [0.4, 0.5) is 23.0 Å². The summed E-state index contributed by atoms with van der Waals surface area (Å²) in [6, 6.07) is 9.68. The van der Waals surface area contributed by atoms with Gasteiger partial charge in [-0.1, -0.05) is 12.1 Å². The second-order valence-corrected chi connectivity index (χ2v) is 7.08. The number of carbonyl (C=O) groups is 1. The maximum Gasteiger partial charge on any atom is 0.327 e. The molecule has 1 unspecified atom stereocenters. The van der Waals surface area contributed by atoms with E-state index in [2.05, 4.69) is 25.1 Å². The minimum atomic E-state index is -3.65. The lowest BCUT2D eigenvalue weighted by Crippen LogP contribution is -2.22. The summed E-state index contributed by atoms with van der Waals surface area (Å²) in [5, 5.41) is 10.5. The van der Waals surface area contributed by atoms with E-state index in [0.29, 0.717) is 11.4 Å². The van der Waals surface area contributed by atoms with Crippen LogP contribution < -0.4 is 21.5 Å². The zero-order chi connectivity index (χ0) is 19.9. The highest BCUT2D eigenvalue weighted by atomic mass is 31.2. The quantitative estimate of drug-likeness (QED) is 0.299. The largest absolute Gasteiger partial charge is 0.465 e. The molecule has 12 heteroatoms. The van der Waals surface area contributed by atoms with Gasteiger partial charge in [0.1, 0.15) is 22.9 Å². The van der Waals surface area contributed by atoms with Crippen LogP contribution in [0.25, 0.3) is 0 Å². The number of pyridine rings is 1. The monoisotopic (exact) mass is 394 g/mol. The molecule has 0 aliphatic heterocycles. The fourth-order valence-electron chi connectivity index (χ4n) is 1.77. The van der Waals surface area contributed by atoms with Crippen molar-refractivity contribution in [2.24, 2.45) is 16.0 Å². The molecule has 0 saturated carbocycles. The molecule has 1 aromatic heterocycles. The molecule has 2 aromatic rings. The number of hydrogen-bond donors (Lipinski definition) is 4. The molecule has 1 aromatic carbocycles. The first-order valence-electron chi connectivity index (χ1n) is 7.63. The molecule has 6 N–H and O–H groups in total. The number of nitrogens with two attached hydrogens (primary N) is 2. The molecule has 0 spiro atoms. The molecule has 2 rings (SSSR count). The van der Waals surface area contributed by atoms with Crippen molar-refractivity contribution in [1.29, 1.82) is 0 Å². The van der Waals surface area contributed by atoms with E-state index < -0.39 is 20.3 Å². The molecule has 0 fully saturated rings. The van der Waals surface area contributed by atoms with Gasteiger partial charge in [-0.2, -0.15) is 0 Å². The first-order chi connectivity index (χ1) is 12.8. The number of rotatable bonds is 8. The van der Waals surface area contributed by atoms with Gasteiger partial charge in [-0.25, -0.2) is 4.98 Å². The van der Waals surface area contributed by atoms with Gasteiger partial charge in [-0.15, -0.1) is 10.2 Å². The molecule has 1 atom stereocenters. The van der Waals surface area contributed by atoms with Crippen LogP contribution >= 0.6 is 7.60 Å². The Labute approximate surface area is 154 Å². The van der Waals surface area contributed by atoms with Crippen molar-refractivity contribution < 1.29 is 23.5 Å². The lowest BCUT2D eigenvalue weighted by molar-refractivity contribution is -0.114. The fourth-order valence-corrected chi connectivity index (χ4v) is 2.02. The Morgan fingerprint density at radius 1 is 1.26 bits per heavy atom. The van der Waals surface area contributed by atoms with Crippen molar-refractivity contribution >= 4 is 36.5 Å². The number of benzene rings is 1. The van der Waals surface area contributed by atoms with E-state index in [4.69, 9.17) is 21.1 Å². The highest BCUT2D eigenvalue weighted by molar-refractivity contribution is 7.51. The van der Waals surface area contributed by atoms with Crippen molar-refractivity contribution in [2.75, 3.05) is 31.1 Å². The van der Waals surface area contributed by atoms with Gasteiger partial charge in [0.2, 0.25) is 5.91 Å². The average molecular weight is 394 g/mol. The lowest BCUT2D eigenvalue weighted by atomic mass is 10.3. The maximum absolute atomic E-state index is 11.3. The second-order valence-electron chi connectivity index (χ2n) is 5.22. The third-order valence-electron chi connectivity index (χ3n) is 2.99. The summed E-state index contributed by atoms with van der Waals surface area (Å²) < 4.78 is 21.1. The van der Waals surface area contributed by atoms with Crippen molar-refractivity contribution in [3.05, 3.63) is 36.4 Å². The number of aromatic nitrogens is 1. The summed E-state index contributed by atoms with van der Waals surface area (Å²) in [6.07, 6.45) is 0. The first kappa shape index (κ1) is 20.5. The second kappa shape index (κ2) is 9.19. The number of ether oxygens (including phenoxy) is 1. The fraction of sp³-hybridized carbons (Fsp3) is 0.200. The highest BCUT2D eigenvalue weighted by Crippen LogP contribution is 2.37. The average Bonchev–Trinajstić information content (AvgIpc) is 2.61. The van der Waals surface area contributed by atoms with Gasteiger partial charge in [0, 0.05) is 6.66 Å². The summed E-state index contributed by atoms with van der Waals surface area (Å²) in [5.41, 5.74) is 11.7. The van der Waals surface area contributed by atoms with Gasteiger partial charge >= 0.3 is 7.60 Å². The Morgan fingerprint density at radius 2 is 1.96 bits per heavy atom. The van der Waals surface area contributed by atoms with Crippen molar-refractivity contribution in [3.63, 3.8) is 0 Å². The van der Waals surface area contributed by atoms with E-state index in [-0.39, 0.29) is 23.9 Å². The standard InChI is InChI=1S/C15H19N6O5P/c1-27(23,24)26-9-25-12-5-3-2-4-10(12)20-21-11-6-7-13(19-15(11)17)18-14(22)8-16/h2-7H,8-9,16H2,1H3,(H,23,24)(H3,17,18,19,22)/b21-20+. The molecule has 0 bridgehead atoms. The van der Waals surface area contributed by atoms with Crippen LogP contribution in [-0.4, -0.2) is 35.8 Å². The summed E-state index contributed by atoms with van der Waals surface area (Å²) in [7, 11) is -3.65. The van der Waals surface area contributed by atoms with Gasteiger partial charge in [0.25, 0.3) is 0 Å². The molecular formula is C15H19N6O5P.